The minimum Gasteiger partial charge on any atom is -0.394 e. The van der Waals surface area contributed by atoms with E-state index in [1.165, 1.54) is 0 Å². The monoisotopic (exact) mass is 330 g/mol. The minimum absolute atomic E-state index is 0.0192. The summed E-state index contributed by atoms with van der Waals surface area (Å²) in [6.45, 7) is 3.56. The molecule has 2 saturated heterocycles. The fraction of sp³-hybridized carbons (Fsp3) is 0.579. The van der Waals surface area contributed by atoms with Crippen LogP contribution in [0.15, 0.2) is 24.3 Å². The second-order valence-electron chi connectivity index (χ2n) is 6.89. The van der Waals surface area contributed by atoms with E-state index >= 15 is 0 Å². The summed E-state index contributed by atoms with van der Waals surface area (Å²) >= 11 is 0. The van der Waals surface area contributed by atoms with Crippen LogP contribution in [0.5, 0.6) is 0 Å². The van der Waals surface area contributed by atoms with Gasteiger partial charge in [-0.15, -0.1) is 0 Å². The number of aliphatic hydroxyl groups excluding tert-OH is 1. The van der Waals surface area contributed by atoms with Crippen molar-refractivity contribution < 1.29 is 14.7 Å². The summed E-state index contributed by atoms with van der Waals surface area (Å²) in [7, 11) is 0. The lowest BCUT2D eigenvalue weighted by Crippen LogP contribution is -2.50. The molecule has 24 heavy (non-hydrogen) atoms. The van der Waals surface area contributed by atoms with E-state index in [0.717, 1.165) is 44.3 Å². The van der Waals surface area contributed by atoms with Gasteiger partial charge in [0.05, 0.1) is 12.1 Å². The Morgan fingerprint density at radius 1 is 1.21 bits per heavy atom. The molecule has 0 aromatic heterocycles. The third-order valence-electron chi connectivity index (χ3n) is 5.35. The van der Waals surface area contributed by atoms with Crippen LogP contribution in [-0.2, 0) is 4.79 Å². The van der Waals surface area contributed by atoms with Gasteiger partial charge in [-0.05, 0) is 49.9 Å². The van der Waals surface area contributed by atoms with Crippen LogP contribution < -0.4 is 4.90 Å². The molecule has 5 heteroatoms. The fourth-order valence-corrected chi connectivity index (χ4v) is 4.09. The Balaban J connectivity index is 1.78. The largest absolute Gasteiger partial charge is 0.394 e. The molecule has 1 atom stereocenters. The van der Waals surface area contributed by atoms with Crippen LogP contribution in [0, 0.1) is 0 Å². The summed E-state index contributed by atoms with van der Waals surface area (Å²) < 4.78 is 0. The number of anilines is 1. The van der Waals surface area contributed by atoms with Crippen molar-refractivity contribution in [2.75, 3.05) is 24.6 Å². The van der Waals surface area contributed by atoms with Gasteiger partial charge in [-0.1, -0.05) is 13.3 Å². The molecule has 0 saturated carbocycles. The molecule has 130 valence electrons. The molecule has 2 heterocycles. The first-order valence-corrected chi connectivity index (χ1v) is 8.94. The van der Waals surface area contributed by atoms with Gasteiger partial charge in [0.15, 0.2) is 0 Å². The fourth-order valence-electron chi connectivity index (χ4n) is 4.09. The number of aliphatic hydroxyl groups is 1. The Hall–Kier alpha value is -1.88. The predicted octanol–water partition coefficient (Wildman–Crippen LogP) is 2.58. The Morgan fingerprint density at radius 2 is 1.96 bits per heavy atom. The Morgan fingerprint density at radius 3 is 2.54 bits per heavy atom. The van der Waals surface area contributed by atoms with Crippen LogP contribution in [0.25, 0.3) is 0 Å². The van der Waals surface area contributed by atoms with E-state index in [-0.39, 0.29) is 18.4 Å². The van der Waals surface area contributed by atoms with Gasteiger partial charge in [0.2, 0.25) is 5.91 Å². The minimum atomic E-state index is -0.407. The molecule has 0 radical (unpaired) electrons. The molecular weight excluding hydrogens is 304 g/mol. The molecule has 3 rings (SSSR count). The number of amides is 2. The summed E-state index contributed by atoms with van der Waals surface area (Å²) in [5.74, 6) is 0.130. The van der Waals surface area contributed by atoms with Gasteiger partial charge in [-0.2, -0.15) is 0 Å². The molecular formula is C19H26N2O3. The normalized spacial score (nSPS) is 24.0. The van der Waals surface area contributed by atoms with Crippen LogP contribution >= 0.6 is 0 Å². The van der Waals surface area contributed by atoms with Crippen molar-refractivity contribution in [1.82, 2.24) is 4.90 Å². The average Bonchev–Trinajstić information content (AvgIpc) is 3.21. The maximum atomic E-state index is 12.9. The molecule has 1 aromatic carbocycles. The van der Waals surface area contributed by atoms with Crippen molar-refractivity contribution in [3.8, 4) is 0 Å². The number of hydrogen-bond acceptors (Lipinski definition) is 3. The smallest absolute Gasteiger partial charge is 0.254 e. The van der Waals surface area contributed by atoms with Crippen molar-refractivity contribution in [3.05, 3.63) is 29.8 Å². The van der Waals surface area contributed by atoms with Crippen molar-refractivity contribution >= 4 is 17.5 Å². The highest BCUT2D eigenvalue weighted by Gasteiger charge is 2.42. The molecule has 2 aliphatic heterocycles. The Kier molecular flexibility index (Phi) is 4.90. The summed E-state index contributed by atoms with van der Waals surface area (Å²) in [6.07, 6.45) is 5.07. The van der Waals surface area contributed by atoms with Crippen LogP contribution in [0.3, 0.4) is 0 Å². The Bertz CT molecular complexity index is 614. The van der Waals surface area contributed by atoms with E-state index in [0.29, 0.717) is 18.5 Å². The highest BCUT2D eigenvalue weighted by molar-refractivity contribution is 5.98. The third-order valence-corrected chi connectivity index (χ3v) is 5.35. The number of likely N-dealkylation sites (tertiary alicyclic amines) is 1. The van der Waals surface area contributed by atoms with Crippen LogP contribution in [0.2, 0.25) is 0 Å². The van der Waals surface area contributed by atoms with Gasteiger partial charge in [-0.3, -0.25) is 9.59 Å². The molecule has 5 nitrogen and oxygen atoms in total. The van der Waals surface area contributed by atoms with E-state index in [2.05, 4.69) is 6.92 Å². The van der Waals surface area contributed by atoms with Crippen LogP contribution in [0.4, 0.5) is 5.69 Å². The second-order valence-corrected chi connectivity index (χ2v) is 6.89. The quantitative estimate of drug-likeness (QED) is 0.903. The molecule has 0 bridgehead atoms. The van der Waals surface area contributed by atoms with Crippen LogP contribution in [-0.4, -0.2) is 47.1 Å². The van der Waals surface area contributed by atoms with Gasteiger partial charge < -0.3 is 14.9 Å². The molecule has 1 N–H and O–H groups in total. The number of carbonyl (C=O) groups excluding carboxylic acids is 2. The van der Waals surface area contributed by atoms with Gasteiger partial charge in [0, 0.05) is 30.8 Å². The van der Waals surface area contributed by atoms with E-state index in [1.807, 2.05) is 17.0 Å². The van der Waals surface area contributed by atoms with Crippen molar-refractivity contribution in [1.29, 1.82) is 0 Å². The van der Waals surface area contributed by atoms with E-state index in [9.17, 15) is 14.7 Å². The van der Waals surface area contributed by atoms with Crippen LogP contribution in [0.1, 0.15) is 55.8 Å². The number of hydrogen-bond donors (Lipinski definition) is 1. The topological polar surface area (TPSA) is 60.9 Å². The molecule has 2 fully saturated rings. The zero-order valence-corrected chi connectivity index (χ0v) is 14.3. The highest BCUT2D eigenvalue weighted by Crippen LogP contribution is 2.34. The average molecular weight is 330 g/mol. The van der Waals surface area contributed by atoms with Gasteiger partial charge in [0.25, 0.3) is 5.91 Å². The van der Waals surface area contributed by atoms with Gasteiger partial charge in [-0.25, -0.2) is 0 Å². The lowest BCUT2D eigenvalue weighted by atomic mass is 9.91. The lowest BCUT2D eigenvalue weighted by molar-refractivity contribution is -0.117. The van der Waals surface area contributed by atoms with Crippen molar-refractivity contribution in [3.63, 3.8) is 0 Å². The molecule has 1 unspecified atom stereocenters. The molecule has 0 spiro atoms. The molecule has 1 aromatic rings. The first kappa shape index (κ1) is 17.0. The molecule has 2 aliphatic rings. The number of rotatable bonds is 5. The zero-order valence-electron chi connectivity index (χ0n) is 14.3. The number of nitrogens with zero attached hydrogens (tertiary/aromatic N) is 2. The second kappa shape index (κ2) is 6.93. The first-order chi connectivity index (χ1) is 11.6. The standard InChI is InChI=1S/C19H26N2O3/c1-2-10-19(14-22)11-4-13-21(19)18(24)15-6-8-16(9-7-15)20-12-3-5-17(20)23/h6-9,22H,2-5,10-14H2,1H3. The first-order valence-electron chi connectivity index (χ1n) is 8.94. The molecule has 2 amide bonds. The summed E-state index contributed by atoms with van der Waals surface area (Å²) in [5, 5.41) is 9.89. The predicted molar refractivity (Wildman–Crippen MR) is 93.0 cm³/mol. The zero-order chi connectivity index (χ0) is 17.2. The highest BCUT2D eigenvalue weighted by atomic mass is 16.3. The third kappa shape index (κ3) is 2.93. The van der Waals surface area contributed by atoms with E-state index in [1.54, 1.807) is 17.0 Å². The van der Waals surface area contributed by atoms with Gasteiger partial charge in [0.1, 0.15) is 0 Å². The Labute approximate surface area is 143 Å². The summed E-state index contributed by atoms with van der Waals surface area (Å²) in [6, 6.07) is 7.31. The number of benzene rings is 1. The van der Waals surface area contributed by atoms with Crippen molar-refractivity contribution in [2.24, 2.45) is 0 Å². The van der Waals surface area contributed by atoms with Crippen molar-refractivity contribution in [2.45, 2.75) is 51.0 Å². The number of carbonyl (C=O) groups is 2. The maximum absolute atomic E-state index is 12.9. The SMILES string of the molecule is CCCC1(CO)CCCN1C(=O)c1ccc(N2CCCC2=O)cc1. The maximum Gasteiger partial charge on any atom is 0.254 e. The van der Waals surface area contributed by atoms with E-state index in [4.69, 9.17) is 0 Å². The molecule has 0 aliphatic carbocycles. The summed E-state index contributed by atoms with van der Waals surface area (Å²) in [4.78, 5) is 28.4. The summed E-state index contributed by atoms with van der Waals surface area (Å²) in [5.41, 5.74) is 1.08. The van der Waals surface area contributed by atoms with Gasteiger partial charge >= 0.3 is 0 Å². The lowest BCUT2D eigenvalue weighted by Gasteiger charge is -2.37. The van der Waals surface area contributed by atoms with E-state index < -0.39 is 5.54 Å².